The molecule has 170 valence electrons. The first-order valence-corrected chi connectivity index (χ1v) is 10.8. The lowest BCUT2D eigenvalue weighted by Crippen LogP contribution is -2.51. The average molecular weight is 451 g/mol. The van der Waals surface area contributed by atoms with Crippen LogP contribution in [0.5, 0.6) is 0 Å². The number of nitrogens with zero attached hydrogens (tertiary/aromatic N) is 6. The topological polar surface area (TPSA) is 122 Å². The van der Waals surface area contributed by atoms with Crippen LogP contribution in [0.3, 0.4) is 0 Å². The van der Waals surface area contributed by atoms with Gasteiger partial charge in [0.15, 0.2) is 5.58 Å². The Kier molecular flexibility index (Phi) is 5.51. The van der Waals surface area contributed by atoms with Crippen molar-refractivity contribution in [1.29, 1.82) is 5.26 Å². The van der Waals surface area contributed by atoms with E-state index in [9.17, 15) is 14.0 Å². The summed E-state index contributed by atoms with van der Waals surface area (Å²) in [6.07, 6.45) is 1.72. The molecule has 0 aliphatic carbocycles. The maximum atomic E-state index is 13.4. The van der Waals surface area contributed by atoms with Crippen LogP contribution in [-0.2, 0) is 4.79 Å². The van der Waals surface area contributed by atoms with Gasteiger partial charge in [-0.2, -0.15) is 15.3 Å². The molecule has 10 nitrogen and oxygen atoms in total. The highest BCUT2D eigenvalue weighted by molar-refractivity contribution is 5.79. The second kappa shape index (κ2) is 8.63. The maximum Gasteiger partial charge on any atom is 0.298 e. The zero-order valence-electron chi connectivity index (χ0n) is 17.8. The van der Waals surface area contributed by atoms with Gasteiger partial charge in [-0.25, -0.2) is 9.49 Å². The number of oxazole rings is 1. The number of likely N-dealkylation sites (tertiary alicyclic amines) is 1. The number of nitriles is 1. The molecule has 0 saturated carbocycles. The highest BCUT2D eigenvalue weighted by atomic mass is 19.1. The monoisotopic (exact) mass is 451 g/mol. The molecule has 0 bridgehead atoms. The van der Waals surface area contributed by atoms with Gasteiger partial charge in [0.2, 0.25) is 5.91 Å². The Bertz CT molecular complexity index is 1290. The van der Waals surface area contributed by atoms with Gasteiger partial charge in [0.1, 0.15) is 23.0 Å². The molecule has 5 rings (SSSR count). The molecule has 0 radical (unpaired) electrons. The van der Waals surface area contributed by atoms with Crippen molar-refractivity contribution < 1.29 is 13.6 Å². The number of halogens is 1. The SMILES string of the molecule is N#Cc1cc(C2CCCN2CC(=O)N2CCN(c3nc4ccc(F)cc4o3)CC2)n[nH]c1=O. The van der Waals surface area contributed by atoms with Crippen molar-refractivity contribution in [2.45, 2.75) is 18.9 Å². The predicted molar refractivity (Wildman–Crippen MR) is 116 cm³/mol. The van der Waals surface area contributed by atoms with E-state index >= 15 is 0 Å². The number of aromatic amines is 1. The number of nitrogens with one attached hydrogen (secondary N) is 1. The third-order valence-electron chi connectivity index (χ3n) is 6.23. The molecule has 3 aromatic rings. The highest BCUT2D eigenvalue weighted by Crippen LogP contribution is 2.30. The summed E-state index contributed by atoms with van der Waals surface area (Å²) in [5.74, 6) is -0.354. The van der Waals surface area contributed by atoms with Crippen molar-refractivity contribution in [2.75, 3.05) is 44.2 Å². The molecule has 2 aliphatic rings. The first-order chi connectivity index (χ1) is 16.0. The van der Waals surface area contributed by atoms with Crippen molar-refractivity contribution in [3.8, 4) is 6.07 Å². The standard InChI is InChI=1S/C22H22FN7O3/c23-15-3-4-16-19(11-15)33-22(25-16)29-8-6-28(7-9-29)20(31)13-30-5-1-2-18(30)17-10-14(12-24)21(32)27-26-17/h3-4,10-11,18H,1-2,5-9,13H2,(H,27,32). The molecule has 11 heteroatoms. The molecule has 2 aliphatic heterocycles. The summed E-state index contributed by atoms with van der Waals surface area (Å²) in [5, 5.41) is 15.6. The minimum Gasteiger partial charge on any atom is -0.423 e. The van der Waals surface area contributed by atoms with Crippen molar-refractivity contribution in [3.05, 3.63) is 51.7 Å². The normalized spacial score (nSPS) is 19.2. The van der Waals surface area contributed by atoms with Crippen molar-refractivity contribution in [1.82, 2.24) is 25.0 Å². The van der Waals surface area contributed by atoms with Gasteiger partial charge in [0, 0.05) is 32.2 Å². The molecule has 1 N–H and O–H groups in total. The van der Waals surface area contributed by atoms with Gasteiger partial charge in [-0.05, 0) is 37.6 Å². The highest BCUT2D eigenvalue weighted by Gasteiger charge is 2.32. The van der Waals surface area contributed by atoms with Crippen LogP contribution >= 0.6 is 0 Å². The van der Waals surface area contributed by atoms with Crippen LogP contribution in [-0.4, -0.2) is 70.2 Å². The zero-order chi connectivity index (χ0) is 22.9. The van der Waals surface area contributed by atoms with Gasteiger partial charge < -0.3 is 14.2 Å². The lowest BCUT2D eigenvalue weighted by Gasteiger charge is -2.35. The van der Waals surface area contributed by atoms with Crippen molar-refractivity contribution in [2.24, 2.45) is 0 Å². The zero-order valence-corrected chi connectivity index (χ0v) is 17.8. The van der Waals surface area contributed by atoms with E-state index in [0.717, 1.165) is 19.4 Å². The van der Waals surface area contributed by atoms with Crippen LogP contribution in [0.4, 0.5) is 10.4 Å². The third kappa shape index (κ3) is 4.17. The van der Waals surface area contributed by atoms with E-state index in [2.05, 4.69) is 15.2 Å². The number of amides is 1. The predicted octanol–water partition coefficient (Wildman–Crippen LogP) is 1.41. The number of anilines is 1. The van der Waals surface area contributed by atoms with Gasteiger partial charge in [-0.3, -0.25) is 14.5 Å². The van der Waals surface area contributed by atoms with E-state index in [4.69, 9.17) is 9.68 Å². The van der Waals surface area contributed by atoms with Crippen molar-refractivity contribution in [3.63, 3.8) is 0 Å². The van der Waals surface area contributed by atoms with Crippen LogP contribution < -0.4 is 10.5 Å². The summed E-state index contributed by atoms with van der Waals surface area (Å²) < 4.78 is 19.1. The summed E-state index contributed by atoms with van der Waals surface area (Å²) in [7, 11) is 0. The second-order valence-corrected chi connectivity index (χ2v) is 8.25. The number of fused-ring (bicyclic) bond motifs is 1. The number of carbonyl (C=O) groups excluding carboxylic acids is 1. The smallest absolute Gasteiger partial charge is 0.298 e. The number of piperazine rings is 1. The fourth-order valence-electron chi connectivity index (χ4n) is 4.47. The Balaban J connectivity index is 1.21. The number of hydrogen-bond acceptors (Lipinski definition) is 8. The number of rotatable bonds is 4. The lowest BCUT2D eigenvalue weighted by atomic mass is 10.1. The Hall–Kier alpha value is -3.78. The van der Waals surface area contributed by atoms with E-state index < -0.39 is 5.56 Å². The summed E-state index contributed by atoms with van der Waals surface area (Å²) in [4.78, 5) is 34.9. The molecule has 2 aromatic heterocycles. The Labute approximate surface area is 188 Å². The molecule has 2 fully saturated rings. The van der Waals surface area contributed by atoms with Crippen LogP contribution in [0.15, 0.2) is 33.5 Å². The average Bonchev–Trinajstić information content (AvgIpc) is 3.46. The molecule has 4 heterocycles. The van der Waals surface area contributed by atoms with E-state index in [1.54, 1.807) is 6.07 Å². The van der Waals surface area contributed by atoms with Crippen LogP contribution in [0, 0.1) is 17.1 Å². The summed E-state index contributed by atoms with van der Waals surface area (Å²) in [6, 6.07) is 7.96. The first kappa shape index (κ1) is 21.1. The fraction of sp³-hybridized carbons (Fsp3) is 0.409. The fourth-order valence-corrected chi connectivity index (χ4v) is 4.47. The lowest BCUT2D eigenvalue weighted by molar-refractivity contribution is -0.133. The summed E-state index contributed by atoms with van der Waals surface area (Å²) in [6.45, 7) is 3.18. The van der Waals surface area contributed by atoms with Crippen molar-refractivity contribution >= 4 is 23.0 Å². The summed E-state index contributed by atoms with van der Waals surface area (Å²) in [5.41, 5.74) is 1.12. The Morgan fingerprint density at radius 2 is 2.06 bits per heavy atom. The summed E-state index contributed by atoms with van der Waals surface area (Å²) >= 11 is 0. The molecule has 1 aromatic carbocycles. The Morgan fingerprint density at radius 1 is 1.24 bits per heavy atom. The molecule has 0 spiro atoms. The molecule has 2 saturated heterocycles. The maximum absolute atomic E-state index is 13.4. The third-order valence-corrected chi connectivity index (χ3v) is 6.23. The number of carbonyl (C=O) groups is 1. The number of hydrogen-bond donors (Lipinski definition) is 1. The minimum atomic E-state index is -0.510. The number of H-pyrrole nitrogens is 1. The quantitative estimate of drug-likeness (QED) is 0.632. The van der Waals surface area contributed by atoms with Gasteiger partial charge in [0.05, 0.1) is 18.3 Å². The first-order valence-electron chi connectivity index (χ1n) is 10.8. The van der Waals surface area contributed by atoms with Crippen LogP contribution in [0.25, 0.3) is 11.1 Å². The number of benzene rings is 1. The van der Waals surface area contributed by atoms with Gasteiger partial charge >= 0.3 is 0 Å². The van der Waals surface area contributed by atoms with Gasteiger partial charge in [0.25, 0.3) is 11.6 Å². The van der Waals surface area contributed by atoms with E-state index in [1.165, 1.54) is 18.2 Å². The molecule has 1 unspecified atom stereocenters. The van der Waals surface area contributed by atoms with E-state index in [-0.39, 0.29) is 29.9 Å². The molecule has 1 atom stereocenters. The minimum absolute atomic E-state index is 0.0196. The second-order valence-electron chi connectivity index (χ2n) is 8.25. The van der Waals surface area contributed by atoms with Crippen LogP contribution in [0.1, 0.15) is 30.1 Å². The van der Waals surface area contributed by atoms with E-state index in [0.29, 0.717) is 49.0 Å². The molecule has 33 heavy (non-hydrogen) atoms. The largest absolute Gasteiger partial charge is 0.423 e. The van der Waals surface area contributed by atoms with Crippen LogP contribution in [0.2, 0.25) is 0 Å². The molecule has 1 amide bonds. The molecular formula is C22H22FN7O3. The number of aromatic nitrogens is 3. The Morgan fingerprint density at radius 3 is 2.85 bits per heavy atom. The van der Waals surface area contributed by atoms with Gasteiger partial charge in [-0.15, -0.1) is 0 Å². The van der Waals surface area contributed by atoms with E-state index in [1.807, 2.05) is 20.8 Å². The van der Waals surface area contributed by atoms with Gasteiger partial charge in [-0.1, -0.05) is 0 Å². The molecular weight excluding hydrogens is 429 g/mol.